The molecule has 0 radical (unpaired) electrons. The summed E-state index contributed by atoms with van der Waals surface area (Å²) in [5, 5.41) is 0. The molecule has 0 aliphatic rings. The van der Waals surface area contributed by atoms with E-state index in [9.17, 15) is 14.4 Å². The molecule has 73 heavy (non-hydrogen) atoms. The third-order valence-electron chi connectivity index (χ3n) is 12.1. The van der Waals surface area contributed by atoms with E-state index in [1.165, 1.54) is 77.0 Å². The predicted octanol–water partition coefficient (Wildman–Crippen LogP) is 20.2. The van der Waals surface area contributed by atoms with Crippen molar-refractivity contribution in [1.82, 2.24) is 0 Å². The summed E-state index contributed by atoms with van der Waals surface area (Å²) in [7, 11) is 0. The normalized spacial score (nSPS) is 13.1. The van der Waals surface area contributed by atoms with E-state index in [1.54, 1.807) is 0 Å². The van der Waals surface area contributed by atoms with Crippen molar-refractivity contribution >= 4 is 17.9 Å². The zero-order valence-corrected chi connectivity index (χ0v) is 47.1. The van der Waals surface area contributed by atoms with Crippen molar-refractivity contribution < 1.29 is 28.6 Å². The Morgan fingerprint density at radius 3 is 0.877 bits per heavy atom. The first-order valence-electron chi connectivity index (χ1n) is 29.7. The van der Waals surface area contributed by atoms with Gasteiger partial charge < -0.3 is 14.2 Å². The average molecular weight is 1010 g/mol. The van der Waals surface area contributed by atoms with Crippen LogP contribution in [-0.4, -0.2) is 37.2 Å². The molecule has 0 aromatic carbocycles. The van der Waals surface area contributed by atoms with Gasteiger partial charge in [-0.05, 0) is 122 Å². The molecule has 0 aromatic heterocycles. The van der Waals surface area contributed by atoms with Crippen molar-refractivity contribution in [2.45, 2.75) is 258 Å². The van der Waals surface area contributed by atoms with Crippen LogP contribution in [0, 0.1) is 0 Å². The topological polar surface area (TPSA) is 78.9 Å². The molecule has 0 aliphatic heterocycles. The summed E-state index contributed by atoms with van der Waals surface area (Å²) in [6.07, 6.45) is 84.7. The lowest BCUT2D eigenvalue weighted by atomic mass is 10.1. The highest BCUT2D eigenvalue weighted by Gasteiger charge is 2.19. The molecule has 1 atom stereocenters. The quantitative estimate of drug-likeness (QED) is 0.0261. The van der Waals surface area contributed by atoms with Crippen LogP contribution in [0.2, 0.25) is 0 Å². The Labute approximate surface area is 449 Å². The van der Waals surface area contributed by atoms with E-state index < -0.39 is 6.10 Å². The zero-order chi connectivity index (χ0) is 52.9. The maximum Gasteiger partial charge on any atom is 0.306 e. The number of allylic oxidation sites excluding steroid dienone is 22. The lowest BCUT2D eigenvalue weighted by molar-refractivity contribution is -0.167. The molecule has 0 saturated heterocycles. The van der Waals surface area contributed by atoms with E-state index in [-0.39, 0.29) is 31.1 Å². The van der Waals surface area contributed by atoms with E-state index in [0.29, 0.717) is 25.7 Å². The van der Waals surface area contributed by atoms with Gasteiger partial charge in [-0.15, -0.1) is 0 Å². The Hall–Kier alpha value is -4.45. The SMILES string of the molecule is CC/C=C\C/C=C\C/C=C\C/C=C\C/C=C\C/C=C\C/C=C\C/C=C\C/C=C\C/C=C\CCCCC(=O)OCC(COC(=O)CCCCCCCCCC)OC(=O)CCCCCCC/C=C\CCCCCCC. The second kappa shape index (κ2) is 60.1. The van der Waals surface area contributed by atoms with Gasteiger partial charge in [-0.2, -0.15) is 0 Å². The average Bonchev–Trinajstić information content (AvgIpc) is 3.39. The Morgan fingerprint density at radius 1 is 0.288 bits per heavy atom. The Balaban J connectivity index is 4.28. The minimum Gasteiger partial charge on any atom is -0.462 e. The van der Waals surface area contributed by atoms with Crippen molar-refractivity contribution in [3.8, 4) is 0 Å². The van der Waals surface area contributed by atoms with Crippen LogP contribution in [0.3, 0.4) is 0 Å². The molecule has 6 heteroatoms. The highest BCUT2D eigenvalue weighted by molar-refractivity contribution is 5.71. The lowest BCUT2D eigenvalue weighted by Gasteiger charge is -2.18. The van der Waals surface area contributed by atoms with Gasteiger partial charge in [0.05, 0.1) is 0 Å². The molecule has 0 spiro atoms. The summed E-state index contributed by atoms with van der Waals surface area (Å²) in [4.78, 5) is 37.9. The number of ether oxygens (including phenoxy) is 3. The maximum atomic E-state index is 12.8. The molecule has 0 fully saturated rings. The summed E-state index contributed by atoms with van der Waals surface area (Å²) in [5.41, 5.74) is 0. The van der Waals surface area contributed by atoms with Crippen molar-refractivity contribution in [3.05, 3.63) is 134 Å². The van der Waals surface area contributed by atoms with Crippen molar-refractivity contribution in [2.75, 3.05) is 13.2 Å². The summed E-state index contributed by atoms with van der Waals surface area (Å²) in [6.45, 7) is 6.43. The molecule has 0 heterocycles. The van der Waals surface area contributed by atoms with Crippen molar-refractivity contribution in [3.63, 3.8) is 0 Å². The van der Waals surface area contributed by atoms with Crippen LogP contribution in [0.1, 0.15) is 252 Å². The molecule has 0 amide bonds. The van der Waals surface area contributed by atoms with Gasteiger partial charge in [0.1, 0.15) is 13.2 Å². The first-order chi connectivity index (χ1) is 36.0. The third-order valence-corrected chi connectivity index (χ3v) is 12.1. The van der Waals surface area contributed by atoms with E-state index in [1.807, 2.05) is 0 Å². The fourth-order valence-corrected chi connectivity index (χ4v) is 7.70. The molecule has 0 bridgehead atoms. The highest BCUT2D eigenvalue weighted by Crippen LogP contribution is 2.13. The molecule has 1 unspecified atom stereocenters. The molecule has 0 aliphatic carbocycles. The number of esters is 3. The smallest absolute Gasteiger partial charge is 0.306 e. The van der Waals surface area contributed by atoms with Crippen LogP contribution in [0.15, 0.2) is 134 Å². The Morgan fingerprint density at radius 2 is 0.534 bits per heavy atom. The third kappa shape index (κ3) is 58.3. The number of carbonyl (C=O) groups excluding carboxylic acids is 3. The van der Waals surface area contributed by atoms with Gasteiger partial charge >= 0.3 is 17.9 Å². The molecular weight excluding hydrogens is 901 g/mol. The second-order valence-electron chi connectivity index (χ2n) is 19.2. The largest absolute Gasteiger partial charge is 0.462 e. The van der Waals surface area contributed by atoms with Crippen molar-refractivity contribution in [2.24, 2.45) is 0 Å². The van der Waals surface area contributed by atoms with E-state index in [0.717, 1.165) is 128 Å². The monoisotopic (exact) mass is 1010 g/mol. The van der Waals surface area contributed by atoms with Crippen LogP contribution in [-0.2, 0) is 28.6 Å². The van der Waals surface area contributed by atoms with Crippen LogP contribution >= 0.6 is 0 Å². The van der Waals surface area contributed by atoms with Gasteiger partial charge in [0.15, 0.2) is 6.10 Å². The van der Waals surface area contributed by atoms with Crippen LogP contribution < -0.4 is 0 Å². The standard InChI is InChI=1S/C67H108O6/c1-4-7-10-13-16-19-21-23-25-26-27-28-29-30-31-32-33-34-35-36-37-38-39-40-41-42-43-45-46-48-51-54-57-60-66(69)72-63-64(62-71-65(68)59-56-53-50-18-15-12-9-6-3)73-67(70)61-58-55-52-49-47-44-24-22-20-17-14-11-8-5-2/h7,10,16,19,22-25,27-28,30-31,33-34,36-37,39-40,42-43,46,48,64H,4-6,8-9,11-15,17-18,20-21,26,29,32,35,38,41,44-45,47,49-63H2,1-3H3/b10-7-,19-16-,24-22-,25-23-,28-27-,31-30-,34-33-,37-36-,40-39-,43-42-,48-46-. The first kappa shape index (κ1) is 68.6. The van der Waals surface area contributed by atoms with Gasteiger partial charge in [-0.25, -0.2) is 0 Å². The maximum absolute atomic E-state index is 12.8. The zero-order valence-electron chi connectivity index (χ0n) is 47.1. The molecule has 0 rings (SSSR count). The van der Waals surface area contributed by atoms with Gasteiger partial charge in [0.2, 0.25) is 0 Å². The van der Waals surface area contributed by atoms with Crippen LogP contribution in [0.4, 0.5) is 0 Å². The molecule has 412 valence electrons. The van der Waals surface area contributed by atoms with Gasteiger partial charge in [0.25, 0.3) is 0 Å². The fraction of sp³-hybridized carbons (Fsp3) is 0.627. The molecule has 6 nitrogen and oxygen atoms in total. The van der Waals surface area contributed by atoms with Gasteiger partial charge in [-0.1, -0.05) is 244 Å². The summed E-state index contributed by atoms with van der Waals surface area (Å²) < 4.78 is 16.7. The summed E-state index contributed by atoms with van der Waals surface area (Å²) in [5.74, 6) is -0.960. The van der Waals surface area contributed by atoms with E-state index >= 15 is 0 Å². The van der Waals surface area contributed by atoms with Crippen molar-refractivity contribution in [1.29, 1.82) is 0 Å². The van der Waals surface area contributed by atoms with E-state index in [4.69, 9.17) is 14.2 Å². The van der Waals surface area contributed by atoms with Gasteiger partial charge in [0, 0.05) is 19.3 Å². The molecule has 0 saturated carbocycles. The number of hydrogen-bond donors (Lipinski definition) is 0. The predicted molar refractivity (Wildman–Crippen MR) is 316 cm³/mol. The minimum absolute atomic E-state index is 0.0969. The fourth-order valence-electron chi connectivity index (χ4n) is 7.70. The first-order valence-corrected chi connectivity index (χ1v) is 29.7. The molecular formula is C67H108O6. The number of rotatable bonds is 52. The molecule has 0 aromatic rings. The Bertz CT molecular complexity index is 1580. The highest BCUT2D eigenvalue weighted by atomic mass is 16.6. The number of hydrogen-bond acceptors (Lipinski definition) is 6. The number of unbranched alkanes of at least 4 members (excludes halogenated alkanes) is 19. The molecule has 0 N–H and O–H groups in total. The van der Waals surface area contributed by atoms with Crippen LogP contribution in [0.5, 0.6) is 0 Å². The van der Waals surface area contributed by atoms with Crippen LogP contribution in [0.25, 0.3) is 0 Å². The summed E-state index contributed by atoms with van der Waals surface area (Å²) >= 11 is 0. The van der Waals surface area contributed by atoms with Gasteiger partial charge in [-0.3, -0.25) is 14.4 Å². The second-order valence-corrected chi connectivity index (χ2v) is 19.2. The minimum atomic E-state index is -0.801. The Kier molecular flexibility index (Phi) is 56.4. The lowest BCUT2D eigenvalue weighted by Crippen LogP contribution is -2.30. The number of carbonyl (C=O) groups is 3. The summed E-state index contributed by atoms with van der Waals surface area (Å²) in [6, 6.07) is 0. The van der Waals surface area contributed by atoms with E-state index in [2.05, 4.69) is 154 Å².